The number of aromatic amines is 1. The summed E-state index contributed by atoms with van der Waals surface area (Å²) in [5, 5.41) is 16.9. The molecule has 3 N–H and O–H groups in total. The van der Waals surface area contributed by atoms with Crippen molar-refractivity contribution in [1.29, 1.82) is 0 Å². The zero-order valence-electron chi connectivity index (χ0n) is 15.9. The maximum atomic E-state index is 12.4. The lowest BCUT2D eigenvalue weighted by Crippen LogP contribution is -2.28. The van der Waals surface area contributed by atoms with Crippen LogP contribution in [-0.2, 0) is 11.8 Å². The molecule has 27 heavy (non-hydrogen) atoms. The van der Waals surface area contributed by atoms with Crippen LogP contribution in [0, 0.1) is 6.92 Å². The topological polar surface area (TPSA) is 114 Å². The third kappa shape index (κ3) is 4.66. The largest absolute Gasteiger partial charge is 0.446 e. The van der Waals surface area contributed by atoms with E-state index in [0.717, 1.165) is 31.4 Å². The van der Waals surface area contributed by atoms with Crippen molar-refractivity contribution < 1.29 is 14.3 Å². The maximum absolute atomic E-state index is 12.4. The predicted molar refractivity (Wildman–Crippen MR) is 99.6 cm³/mol. The predicted octanol–water partition coefficient (Wildman–Crippen LogP) is 2.48. The molecule has 0 spiro atoms. The number of carbonyl (C=O) groups excluding carboxylic acids is 2. The van der Waals surface area contributed by atoms with Gasteiger partial charge in [0.1, 0.15) is 6.10 Å². The zero-order valence-corrected chi connectivity index (χ0v) is 15.9. The molecule has 1 saturated carbocycles. The molecule has 9 nitrogen and oxygen atoms in total. The number of aromatic nitrogens is 4. The quantitative estimate of drug-likeness (QED) is 0.719. The molecule has 2 aromatic heterocycles. The number of H-pyrrole nitrogens is 1. The Kier molecular flexibility index (Phi) is 5.78. The van der Waals surface area contributed by atoms with E-state index < -0.39 is 0 Å². The molecule has 0 aliphatic heterocycles. The Morgan fingerprint density at radius 3 is 2.93 bits per heavy atom. The lowest BCUT2D eigenvalue weighted by Gasteiger charge is -2.12. The van der Waals surface area contributed by atoms with Crippen molar-refractivity contribution in [3.05, 3.63) is 29.2 Å². The SMILES string of the molecule is CCCNC(=O)O[C@H]1CC[C@@H](c2cc(NC(=O)c3cn(C)nc3C)n[nH]2)C1. The van der Waals surface area contributed by atoms with Gasteiger partial charge in [-0.15, -0.1) is 0 Å². The zero-order chi connectivity index (χ0) is 19.4. The molecule has 9 heteroatoms. The van der Waals surface area contributed by atoms with Crippen molar-refractivity contribution in [1.82, 2.24) is 25.3 Å². The van der Waals surface area contributed by atoms with Crippen LogP contribution in [0.1, 0.15) is 60.3 Å². The molecule has 0 saturated heterocycles. The number of rotatable bonds is 6. The van der Waals surface area contributed by atoms with Crippen molar-refractivity contribution in [2.45, 2.75) is 51.6 Å². The van der Waals surface area contributed by atoms with Crippen molar-refractivity contribution in [2.75, 3.05) is 11.9 Å². The summed E-state index contributed by atoms with van der Waals surface area (Å²) < 4.78 is 7.05. The molecule has 0 aromatic carbocycles. The van der Waals surface area contributed by atoms with E-state index in [1.807, 2.05) is 13.0 Å². The second-order valence-corrected chi connectivity index (χ2v) is 6.93. The second-order valence-electron chi connectivity index (χ2n) is 6.93. The van der Waals surface area contributed by atoms with Crippen molar-refractivity contribution in [2.24, 2.45) is 7.05 Å². The first-order valence-electron chi connectivity index (χ1n) is 9.27. The van der Waals surface area contributed by atoms with Crippen molar-refractivity contribution >= 4 is 17.8 Å². The molecular formula is C18H26N6O3. The average Bonchev–Trinajstić information content (AvgIpc) is 3.33. The Hall–Kier alpha value is -2.84. The highest BCUT2D eigenvalue weighted by Gasteiger charge is 2.30. The van der Waals surface area contributed by atoms with Crippen LogP contribution in [0.5, 0.6) is 0 Å². The minimum Gasteiger partial charge on any atom is -0.446 e. The molecule has 2 amide bonds. The number of amides is 2. The average molecular weight is 374 g/mol. The van der Waals surface area contributed by atoms with Gasteiger partial charge in [-0.2, -0.15) is 10.2 Å². The number of ether oxygens (including phenoxy) is 1. The molecule has 1 aliphatic rings. The summed E-state index contributed by atoms with van der Waals surface area (Å²) >= 11 is 0. The highest BCUT2D eigenvalue weighted by molar-refractivity contribution is 6.04. The molecule has 146 valence electrons. The Morgan fingerprint density at radius 2 is 2.22 bits per heavy atom. The minimum atomic E-state index is -0.355. The summed E-state index contributed by atoms with van der Waals surface area (Å²) in [6.07, 6.45) is 4.59. The summed E-state index contributed by atoms with van der Waals surface area (Å²) in [4.78, 5) is 24.0. The van der Waals surface area contributed by atoms with Crippen LogP contribution >= 0.6 is 0 Å². The lowest BCUT2D eigenvalue weighted by molar-refractivity contribution is 0.0998. The van der Waals surface area contributed by atoms with Gasteiger partial charge in [-0.1, -0.05) is 6.92 Å². The maximum Gasteiger partial charge on any atom is 0.407 e. The van der Waals surface area contributed by atoms with E-state index in [-0.39, 0.29) is 24.0 Å². The number of carbonyl (C=O) groups is 2. The lowest BCUT2D eigenvalue weighted by atomic mass is 10.0. The molecule has 2 atom stereocenters. The van der Waals surface area contributed by atoms with Gasteiger partial charge in [-0.3, -0.25) is 14.6 Å². The molecule has 2 heterocycles. The Morgan fingerprint density at radius 1 is 1.41 bits per heavy atom. The van der Waals surface area contributed by atoms with E-state index in [1.165, 1.54) is 0 Å². The van der Waals surface area contributed by atoms with E-state index in [0.29, 0.717) is 23.6 Å². The van der Waals surface area contributed by atoms with Gasteiger partial charge < -0.3 is 15.4 Å². The molecule has 0 bridgehead atoms. The number of alkyl carbamates (subject to hydrolysis) is 1. The first-order valence-corrected chi connectivity index (χ1v) is 9.27. The van der Waals surface area contributed by atoms with Crippen molar-refractivity contribution in [3.8, 4) is 0 Å². The van der Waals surface area contributed by atoms with Gasteiger partial charge >= 0.3 is 6.09 Å². The Labute approximate surface area is 157 Å². The fourth-order valence-electron chi connectivity index (χ4n) is 3.37. The highest BCUT2D eigenvalue weighted by Crippen LogP contribution is 2.35. The number of hydrogen-bond acceptors (Lipinski definition) is 5. The summed E-state index contributed by atoms with van der Waals surface area (Å²) in [5.41, 5.74) is 2.13. The number of aryl methyl sites for hydroxylation is 2. The standard InChI is InChI=1S/C18H26N6O3/c1-4-7-19-18(26)27-13-6-5-12(8-13)15-9-16(22-21-15)20-17(25)14-10-24(3)23-11(14)2/h9-10,12-13H,4-8H2,1-3H3,(H,19,26)(H2,20,21,22,25)/t12-,13+/m1/s1. The van der Waals surface area contributed by atoms with Crippen LogP contribution in [0.3, 0.4) is 0 Å². The van der Waals surface area contributed by atoms with Gasteiger partial charge in [0.05, 0.1) is 11.3 Å². The number of nitrogens with one attached hydrogen (secondary N) is 3. The summed E-state index contributed by atoms with van der Waals surface area (Å²) in [6.45, 7) is 4.41. The second kappa shape index (κ2) is 8.24. The smallest absolute Gasteiger partial charge is 0.407 e. The van der Waals surface area contributed by atoms with Gasteiger partial charge in [-0.25, -0.2) is 4.79 Å². The van der Waals surface area contributed by atoms with Gasteiger partial charge in [0.15, 0.2) is 5.82 Å². The van der Waals surface area contributed by atoms with E-state index in [9.17, 15) is 9.59 Å². The van der Waals surface area contributed by atoms with Crippen LogP contribution in [0.15, 0.2) is 12.3 Å². The Balaban J connectivity index is 1.54. The number of nitrogens with zero attached hydrogens (tertiary/aromatic N) is 3. The van der Waals surface area contributed by atoms with Crippen LogP contribution in [0.25, 0.3) is 0 Å². The minimum absolute atomic E-state index is 0.0914. The normalized spacial score (nSPS) is 19.1. The van der Waals surface area contributed by atoms with Gasteiger partial charge in [0.25, 0.3) is 5.91 Å². The molecule has 1 fully saturated rings. The summed E-state index contributed by atoms with van der Waals surface area (Å²) in [7, 11) is 1.78. The van der Waals surface area contributed by atoms with Gasteiger partial charge in [-0.05, 0) is 32.6 Å². The van der Waals surface area contributed by atoms with Crippen LogP contribution in [-0.4, -0.2) is 44.6 Å². The monoisotopic (exact) mass is 374 g/mol. The summed E-state index contributed by atoms with van der Waals surface area (Å²) in [6, 6.07) is 1.84. The molecule has 0 unspecified atom stereocenters. The van der Waals surface area contributed by atoms with E-state index in [1.54, 1.807) is 24.9 Å². The first kappa shape index (κ1) is 18.9. The number of hydrogen-bond donors (Lipinski definition) is 3. The van der Waals surface area contributed by atoms with E-state index in [2.05, 4.69) is 25.9 Å². The molecule has 2 aromatic rings. The van der Waals surface area contributed by atoms with Crippen LogP contribution in [0.2, 0.25) is 0 Å². The highest BCUT2D eigenvalue weighted by atomic mass is 16.6. The van der Waals surface area contributed by atoms with E-state index in [4.69, 9.17) is 4.74 Å². The van der Waals surface area contributed by atoms with Gasteiger partial charge in [0, 0.05) is 37.5 Å². The van der Waals surface area contributed by atoms with E-state index >= 15 is 0 Å². The Bertz CT molecular complexity index is 812. The number of anilines is 1. The molecule has 0 radical (unpaired) electrons. The molecule has 1 aliphatic carbocycles. The first-order chi connectivity index (χ1) is 13.0. The third-order valence-corrected chi connectivity index (χ3v) is 4.71. The van der Waals surface area contributed by atoms with Gasteiger partial charge in [0.2, 0.25) is 0 Å². The van der Waals surface area contributed by atoms with Crippen molar-refractivity contribution in [3.63, 3.8) is 0 Å². The summed E-state index contributed by atoms with van der Waals surface area (Å²) in [5.74, 6) is 0.467. The third-order valence-electron chi connectivity index (χ3n) is 4.71. The molecular weight excluding hydrogens is 348 g/mol. The fourth-order valence-corrected chi connectivity index (χ4v) is 3.37. The fraction of sp³-hybridized carbons (Fsp3) is 0.556. The van der Waals surface area contributed by atoms with Crippen LogP contribution < -0.4 is 10.6 Å². The van der Waals surface area contributed by atoms with Crippen LogP contribution in [0.4, 0.5) is 10.6 Å². The molecule has 3 rings (SSSR count).